The molecule has 1 aliphatic carbocycles. The van der Waals surface area contributed by atoms with Gasteiger partial charge in [-0.05, 0) is 31.7 Å². The van der Waals surface area contributed by atoms with Gasteiger partial charge < -0.3 is 4.79 Å². The summed E-state index contributed by atoms with van der Waals surface area (Å²) < 4.78 is 0. The highest BCUT2D eigenvalue weighted by molar-refractivity contribution is 5.55. The van der Waals surface area contributed by atoms with Gasteiger partial charge in [0.1, 0.15) is 12.1 Å². The van der Waals surface area contributed by atoms with E-state index in [9.17, 15) is 4.79 Å². The lowest BCUT2D eigenvalue weighted by Crippen LogP contribution is -2.17. The number of rotatable bonds is 1. The molecule has 0 N–H and O–H groups in total. The molecule has 68 valence electrons. The Morgan fingerprint density at radius 1 is 1.62 bits per heavy atom. The van der Waals surface area contributed by atoms with E-state index in [1.807, 2.05) is 13.1 Å². The molecule has 2 rings (SSSR count). The average molecular weight is 176 g/mol. The lowest BCUT2D eigenvalue weighted by atomic mass is 9.88. The molecule has 1 aromatic rings. The van der Waals surface area contributed by atoms with E-state index in [4.69, 9.17) is 0 Å². The zero-order valence-electron chi connectivity index (χ0n) is 7.66. The van der Waals surface area contributed by atoms with Gasteiger partial charge in [0.05, 0.1) is 0 Å². The van der Waals surface area contributed by atoms with E-state index in [0.29, 0.717) is 0 Å². The first-order chi connectivity index (χ1) is 6.29. The summed E-state index contributed by atoms with van der Waals surface area (Å²) in [6, 6.07) is 0. The zero-order chi connectivity index (χ0) is 9.26. The SMILES string of the molecule is Cc1ncc2c(n1)CC[C@@H](C=O)C2. The van der Waals surface area contributed by atoms with Crippen LogP contribution in [0.5, 0.6) is 0 Å². The summed E-state index contributed by atoms with van der Waals surface area (Å²) in [5, 5.41) is 0. The summed E-state index contributed by atoms with van der Waals surface area (Å²) in [6.45, 7) is 1.89. The third-order valence-electron chi connectivity index (χ3n) is 2.50. The molecule has 0 amide bonds. The highest BCUT2D eigenvalue weighted by Gasteiger charge is 2.19. The summed E-state index contributed by atoms with van der Waals surface area (Å²) >= 11 is 0. The fourth-order valence-corrected chi connectivity index (χ4v) is 1.75. The molecule has 3 nitrogen and oxygen atoms in total. The lowest BCUT2D eigenvalue weighted by molar-refractivity contribution is -0.111. The van der Waals surface area contributed by atoms with Crippen LogP contribution < -0.4 is 0 Å². The van der Waals surface area contributed by atoms with E-state index >= 15 is 0 Å². The first kappa shape index (κ1) is 8.35. The van der Waals surface area contributed by atoms with Gasteiger partial charge in [0.15, 0.2) is 0 Å². The molecule has 1 aromatic heterocycles. The van der Waals surface area contributed by atoms with Gasteiger partial charge >= 0.3 is 0 Å². The Morgan fingerprint density at radius 3 is 3.23 bits per heavy atom. The summed E-state index contributed by atoms with van der Waals surface area (Å²) in [4.78, 5) is 19.1. The van der Waals surface area contributed by atoms with Crippen molar-refractivity contribution in [3.05, 3.63) is 23.3 Å². The first-order valence-corrected chi connectivity index (χ1v) is 4.56. The molecular weight excluding hydrogens is 164 g/mol. The second-order valence-electron chi connectivity index (χ2n) is 3.53. The number of aromatic nitrogens is 2. The Labute approximate surface area is 77.2 Å². The molecule has 1 atom stereocenters. The minimum Gasteiger partial charge on any atom is -0.303 e. The van der Waals surface area contributed by atoms with Crippen LogP contribution in [0.3, 0.4) is 0 Å². The van der Waals surface area contributed by atoms with Crippen LogP contribution in [0.15, 0.2) is 6.20 Å². The molecule has 0 aliphatic heterocycles. The predicted molar refractivity (Wildman–Crippen MR) is 48.3 cm³/mol. The molecule has 13 heavy (non-hydrogen) atoms. The van der Waals surface area contributed by atoms with Crippen molar-refractivity contribution in [3.63, 3.8) is 0 Å². The maximum Gasteiger partial charge on any atom is 0.125 e. The number of hydrogen-bond acceptors (Lipinski definition) is 3. The maximum absolute atomic E-state index is 10.6. The molecule has 1 aliphatic rings. The molecule has 0 bridgehead atoms. The summed E-state index contributed by atoms with van der Waals surface area (Å²) in [6.07, 6.45) is 5.57. The first-order valence-electron chi connectivity index (χ1n) is 4.56. The molecule has 0 saturated heterocycles. The van der Waals surface area contributed by atoms with Crippen molar-refractivity contribution in [1.82, 2.24) is 9.97 Å². The van der Waals surface area contributed by atoms with Gasteiger partial charge in [-0.15, -0.1) is 0 Å². The average Bonchev–Trinajstić information content (AvgIpc) is 2.17. The second kappa shape index (κ2) is 3.24. The lowest BCUT2D eigenvalue weighted by Gasteiger charge is -2.18. The molecule has 0 aromatic carbocycles. The fourth-order valence-electron chi connectivity index (χ4n) is 1.75. The summed E-state index contributed by atoms with van der Waals surface area (Å²) in [5.41, 5.74) is 2.28. The number of aldehydes is 1. The third kappa shape index (κ3) is 1.59. The quantitative estimate of drug-likeness (QED) is 0.601. The van der Waals surface area contributed by atoms with Gasteiger partial charge in [0, 0.05) is 17.8 Å². The highest BCUT2D eigenvalue weighted by Crippen LogP contribution is 2.21. The Kier molecular flexibility index (Phi) is 2.08. The van der Waals surface area contributed by atoms with E-state index in [1.165, 1.54) is 0 Å². The maximum atomic E-state index is 10.6. The van der Waals surface area contributed by atoms with Gasteiger partial charge in [-0.3, -0.25) is 0 Å². The van der Waals surface area contributed by atoms with Crippen molar-refractivity contribution in [2.75, 3.05) is 0 Å². The van der Waals surface area contributed by atoms with Crippen molar-refractivity contribution in [2.24, 2.45) is 5.92 Å². The number of hydrogen-bond donors (Lipinski definition) is 0. The topological polar surface area (TPSA) is 42.9 Å². The fraction of sp³-hybridized carbons (Fsp3) is 0.500. The minimum absolute atomic E-state index is 0.179. The molecule has 0 unspecified atom stereocenters. The van der Waals surface area contributed by atoms with Crippen LogP contribution in [0.25, 0.3) is 0 Å². The van der Waals surface area contributed by atoms with Crippen molar-refractivity contribution >= 4 is 6.29 Å². The largest absolute Gasteiger partial charge is 0.303 e. The van der Waals surface area contributed by atoms with Crippen molar-refractivity contribution < 1.29 is 4.79 Å². The predicted octanol–water partition coefficient (Wildman–Crippen LogP) is 1.09. The smallest absolute Gasteiger partial charge is 0.125 e. The van der Waals surface area contributed by atoms with Crippen molar-refractivity contribution in [1.29, 1.82) is 0 Å². The van der Waals surface area contributed by atoms with E-state index < -0.39 is 0 Å². The van der Waals surface area contributed by atoms with Crippen LogP contribution >= 0.6 is 0 Å². The normalized spacial score (nSPS) is 20.8. The summed E-state index contributed by atoms with van der Waals surface area (Å²) in [5.74, 6) is 1.00. The zero-order valence-corrected chi connectivity index (χ0v) is 7.66. The van der Waals surface area contributed by atoms with Crippen LogP contribution in [0.1, 0.15) is 23.5 Å². The minimum atomic E-state index is 0.179. The molecule has 0 fully saturated rings. The van der Waals surface area contributed by atoms with Gasteiger partial charge in [-0.25, -0.2) is 9.97 Å². The van der Waals surface area contributed by atoms with Crippen LogP contribution in [0.2, 0.25) is 0 Å². The van der Waals surface area contributed by atoms with Crippen LogP contribution in [0, 0.1) is 12.8 Å². The van der Waals surface area contributed by atoms with E-state index in [2.05, 4.69) is 9.97 Å². The van der Waals surface area contributed by atoms with E-state index in [1.54, 1.807) is 0 Å². The van der Waals surface area contributed by atoms with E-state index in [0.717, 1.165) is 42.6 Å². The number of fused-ring (bicyclic) bond motifs is 1. The highest BCUT2D eigenvalue weighted by atomic mass is 16.1. The molecular formula is C10H12N2O. The van der Waals surface area contributed by atoms with Gasteiger partial charge in [-0.1, -0.05) is 0 Å². The Balaban J connectivity index is 2.31. The summed E-state index contributed by atoms with van der Waals surface area (Å²) in [7, 11) is 0. The third-order valence-corrected chi connectivity index (χ3v) is 2.50. The van der Waals surface area contributed by atoms with Gasteiger partial charge in [-0.2, -0.15) is 0 Å². The molecule has 0 saturated carbocycles. The molecule has 0 radical (unpaired) electrons. The van der Waals surface area contributed by atoms with Crippen LogP contribution in [-0.4, -0.2) is 16.3 Å². The molecule has 3 heteroatoms. The Bertz CT molecular complexity index is 336. The second-order valence-corrected chi connectivity index (χ2v) is 3.53. The van der Waals surface area contributed by atoms with Crippen LogP contribution in [-0.2, 0) is 17.6 Å². The Morgan fingerprint density at radius 2 is 2.46 bits per heavy atom. The van der Waals surface area contributed by atoms with Crippen molar-refractivity contribution in [3.8, 4) is 0 Å². The standard InChI is InChI=1S/C10H12N2O/c1-7-11-5-9-4-8(6-13)2-3-10(9)12-7/h5-6,8H,2-4H2,1H3/t8-/m1/s1. The van der Waals surface area contributed by atoms with E-state index in [-0.39, 0.29) is 5.92 Å². The molecule has 0 spiro atoms. The number of aryl methyl sites for hydroxylation is 2. The number of carbonyl (C=O) groups is 1. The van der Waals surface area contributed by atoms with Crippen molar-refractivity contribution in [2.45, 2.75) is 26.2 Å². The number of carbonyl (C=O) groups excluding carboxylic acids is 1. The van der Waals surface area contributed by atoms with Gasteiger partial charge in [0.25, 0.3) is 0 Å². The van der Waals surface area contributed by atoms with Gasteiger partial charge in [0.2, 0.25) is 0 Å². The molecule has 1 heterocycles. The number of nitrogens with zero attached hydrogens (tertiary/aromatic N) is 2. The van der Waals surface area contributed by atoms with Crippen LogP contribution in [0.4, 0.5) is 0 Å². The monoisotopic (exact) mass is 176 g/mol. The Hall–Kier alpha value is -1.25.